The van der Waals surface area contributed by atoms with E-state index < -0.39 is 0 Å². The van der Waals surface area contributed by atoms with Crippen LogP contribution in [0.3, 0.4) is 0 Å². The van der Waals surface area contributed by atoms with E-state index in [2.05, 4.69) is 35.3 Å². The highest BCUT2D eigenvalue weighted by Gasteiger charge is 2.29. The number of rotatable bonds is 2. The molecule has 106 valence electrons. The molecule has 0 bridgehead atoms. The van der Waals surface area contributed by atoms with Crippen LogP contribution in [0.2, 0.25) is 0 Å². The fourth-order valence-electron chi connectivity index (χ4n) is 3.08. The zero-order valence-electron chi connectivity index (χ0n) is 11.8. The van der Waals surface area contributed by atoms with Gasteiger partial charge in [-0.15, -0.1) is 0 Å². The van der Waals surface area contributed by atoms with Crippen LogP contribution in [0.5, 0.6) is 0 Å². The number of imidazole rings is 1. The number of hydrogen-bond donors (Lipinski definition) is 0. The molecule has 0 saturated carbocycles. The van der Waals surface area contributed by atoms with Crippen LogP contribution in [-0.4, -0.2) is 30.9 Å². The van der Waals surface area contributed by atoms with Crippen molar-refractivity contribution in [3.63, 3.8) is 0 Å². The summed E-state index contributed by atoms with van der Waals surface area (Å²) in [5.74, 6) is 2.55. The van der Waals surface area contributed by atoms with Gasteiger partial charge in [0.25, 0.3) is 0 Å². The van der Waals surface area contributed by atoms with E-state index in [4.69, 9.17) is 0 Å². The fourth-order valence-corrected chi connectivity index (χ4v) is 3.08. The normalized spacial score (nSPS) is 18.5. The molecule has 1 atom stereocenters. The molecule has 1 unspecified atom stereocenters. The number of hydrogen-bond acceptors (Lipinski definition) is 5. The van der Waals surface area contributed by atoms with Crippen molar-refractivity contribution in [3.8, 4) is 0 Å². The molecule has 3 aromatic rings. The van der Waals surface area contributed by atoms with Crippen LogP contribution in [0.4, 0.5) is 5.82 Å². The molecule has 0 amide bonds. The van der Waals surface area contributed by atoms with E-state index in [1.54, 1.807) is 6.20 Å². The minimum Gasteiger partial charge on any atom is -0.348 e. The number of anilines is 1. The molecule has 6 nitrogen and oxygen atoms in total. The average Bonchev–Trinajstić information content (AvgIpc) is 3.16. The summed E-state index contributed by atoms with van der Waals surface area (Å²) in [6.07, 6.45) is 9.69. The highest BCUT2D eigenvalue weighted by molar-refractivity contribution is 5.43. The van der Waals surface area contributed by atoms with Gasteiger partial charge in [-0.1, -0.05) is 0 Å². The van der Waals surface area contributed by atoms with Gasteiger partial charge in [0.05, 0.1) is 6.04 Å². The average molecular weight is 280 g/mol. The van der Waals surface area contributed by atoms with Crippen molar-refractivity contribution in [3.05, 3.63) is 48.4 Å². The molecule has 0 N–H and O–H groups in total. The quantitative estimate of drug-likeness (QED) is 0.720. The summed E-state index contributed by atoms with van der Waals surface area (Å²) in [6, 6.07) is 4.36. The standard InChI is InChI=1S/C15H16N6/c1-11-16-7-5-14(19-11)20-9-2-3-12(20)13-4-6-17-15-18-8-10-21(13)15/h4-8,10,12H,2-3,9H2,1H3. The van der Waals surface area contributed by atoms with E-state index in [0.717, 1.165) is 36.8 Å². The van der Waals surface area contributed by atoms with E-state index in [9.17, 15) is 0 Å². The molecule has 1 aliphatic heterocycles. The number of fused-ring (bicyclic) bond motifs is 1. The Hall–Kier alpha value is -2.50. The van der Waals surface area contributed by atoms with Crippen molar-refractivity contribution in [2.24, 2.45) is 0 Å². The number of nitrogens with zero attached hydrogens (tertiary/aromatic N) is 6. The maximum absolute atomic E-state index is 4.57. The Bertz CT molecular complexity index is 780. The van der Waals surface area contributed by atoms with Crippen molar-refractivity contribution in [1.82, 2.24) is 24.3 Å². The summed E-state index contributed by atoms with van der Waals surface area (Å²) < 4.78 is 2.07. The Kier molecular flexibility index (Phi) is 2.80. The topological polar surface area (TPSA) is 59.2 Å². The molecular formula is C15H16N6. The maximum Gasteiger partial charge on any atom is 0.233 e. The lowest BCUT2D eigenvalue weighted by atomic mass is 10.1. The van der Waals surface area contributed by atoms with Gasteiger partial charge in [0.2, 0.25) is 5.78 Å². The van der Waals surface area contributed by atoms with E-state index in [0.29, 0.717) is 6.04 Å². The second-order valence-corrected chi connectivity index (χ2v) is 5.28. The second-order valence-electron chi connectivity index (χ2n) is 5.28. The molecule has 0 aliphatic carbocycles. The van der Waals surface area contributed by atoms with Crippen molar-refractivity contribution < 1.29 is 0 Å². The number of aromatic nitrogens is 5. The van der Waals surface area contributed by atoms with Crippen LogP contribution < -0.4 is 4.90 Å². The van der Waals surface area contributed by atoms with Crippen LogP contribution >= 0.6 is 0 Å². The lowest BCUT2D eigenvalue weighted by molar-refractivity contribution is 0.672. The minimum atomic E-state index is 0.305. The molecule has 1 saturated heterocycles. The predicted octanol–water partition coefficient (Wildman–Crippen LogP) is 2.17. The van der Waals surface area contributed by atoms with Crippen LogP contribution in [0, 0.1) is 6.92 Å². The van der Waals surface area contributed by atoms with Crippen molar-refractivity contribution >= 4 is 11.6 Å². The number of aryl methyl sites for hydroxylation is 1. The van der Waals surface area contributed by atoms with E-state index in [1.807, 2.05) is 31.6 Å². The molecule has 1 fully saturated rings. The van der Waals surface area contributed by atoms with E-state index in [1.165, 1.54) is 5.69 Å². The first kappa shape index (κ1) is 12.3. The SMILES string of the molecule is Cc1nccc(N2CCCC2c2ccnc3nccn23)n1. The second kappa shape index (κ2) is 4.80. The third kappa shape index (κ3) is 2.03. The predicted molar refractivity (Wildman–Crippen MR) is 79.1 cm³/mol. The van der Waals surface area contributed by atoms with Gasteiger partial charge in [-0.2, -0.15) is 0 Å². The Morgan fingerprint density at radius 1 is 1.10 bits per heavy atom. The first-order chi connectivity index (χ1) is 10.3. The Balaban J connectivity index is 1.78. The molecule has 0 spiro atoms. The summed E-state index contributed by atoms with van der Waals surface area (Å²) >= 11 is 0. The molecule has 0 aromatic carbocycles. The summed E-state index contributed by atoms with van der Waals surface area (Å²) in [6.45, 7) is 2.94. The molecular weight excluding hydrogens is 264 g/mol. The summed E-state index contributed by atoms with van der Waals surface area (Å²) in [5, 5.41) is 0. The Morgan fingerprint density at radius 2 is 1.95 bits per heavy atom. The van der Waals surface area contributed by atoms with Gasteiger partial charge in [0.1, 0.15) is 11.6 Å². The lowest BCUT2D eigenvalue weighted by Crippen LogP contribution is -2.25. The smallest absolute Gasteiger partial charge is 0.233 e. The van der Waals surface area contributed by atoms with Crippen molar-refractivity contribution in [2.75, 3.05) is 11.4 Å². The summed E-state index contributed by atoms with van der Waals surface area (Å²) in [5.41, 5.74) is 1.21. The third-order valence-corrected chi connectivity index (χ3v) is 3.98. The van der Waals surface area contributed by atoms with Gasteiger partial charge in [-0.25, -0.2) is 19.9 Å². The zero-order valence-corrected chi connectivity index (χ0v) is 11.8. The highest BCUT2D eigenvalue weighted by Crippen LogP contribution is 2.34. The molecule has 1 aliphatic rings. The molecule has 0 radical (unpaired) electrons. The van der Waals surface area contributed by atoms with Crippen LogP contribution in [0.25, 0.3) is 5.78 Å². The Labute approximate surface area is 122 Å². The van der Waals surface area contributed by atoms with Gasteiger partial charge in [0.15, 0.2) is 0 Å². The van der Waals surface area contributed by atoms with Crippen molar-refractivity contribution in [1.29, 1.82) is 0 Å². The first-order valence-electron chi connectivity index (χ1n) is 7.17. The molecule has 21 heavy (non-hydrogen) atoms. The third-order valence-electron chi connectivity index (χ3n) is 3.98. The lowest BCUT2D eigenvalue weighted by Gasteiger charge is -2.26. The highest BCUT2D eigenvalue weighted by atomic mass is 15.3. The summed E-state index contributed by atoms with van der Waals surface area (Å²) in [7, 11) is 0. The first-order valence-corrected chi connectivity index (χ1v) is 7.17. The minimum absolute atomic E-state index is 0.305. The monoisotopic (exact) mass is 280 g/mol. The fraction of sp³-hybridized carbons (Fsp3) is 0.333. The Morgan fingerprint density at radius 3 is 2.86 bits per heavy atom. The van der Waals surface area contributed by atoms with E-state index >= 15 is 0 Å². The molecule has 4 heterocycles. The van der Waals surface area contributed by atoms with Crippen LogP contribution in [0.15, 0.2) is 36.9 Å². The summed E-state index contributed by atoms with van der Waals surface area (Å²) in [4.78, 5) is 19.7. The van der Waals surface area contributed by atoms with Gasteiger partial charge in [-0.3, -0.25) is 4.40 Å². The van der Waals surface area contributed by atoms with Gasteiger partial charge in [0, 0.05) is 37.0 Å². The van der Waals surface area contributed by atoms with Crippen molar-refractivity contribution in [2.45, 2.75) is 25.8 Å². The zero-order chi connectivity index (χ0) is 14.2. The molecule has 4 rings (SSSR count). The van der Waals surface area contributed by atoms with Crippen LogP contribution in [-0.2, 0) is 0 Å². The molecule has 3 aromatic heterocycles. The van der Waals surface area contributed by atoms with Gasteiger partial charge in [-0.05, 0) is 31.9 Å². The maximum atomic E-state index is 4.57. The van der Waals surface area contributed by atoms with E-state index in [-0.39, 0.29) is 0 Å². The molecule has 6 heteroatoms. The van der Waals surface area contributed by atoms with Crippen LogP contribution in [0.1, 0.15) is 30.4 Å². The van der Waals surface area contributed by atoms with Gasteiger partial charge >= 0.3 is 0 Å². The largest absolute Gasteiger partial charge is 0.348 e. The van der Waals surface area contributed by atoms with Gasteiger partial charge < -0.3 is 4.90 Å².